The molecule has 2 aromatic rings. The molecule has 1 atom stereocenters. The van der Waals surface area contributed by atoms with Gasteiger partial charge in [0.1, 0.15) is 5.75 Å². The van der Waals surface area contributed by atoms with Crippen molar-refractivity contribution in [1.82, 2.24) is 0 Å². The third-order valence-corrected chi connectivity index (χ3v) is 4.22. The van der Waals surface area contributed by atoms with E-state index < -0.39 is 0 Å². The van der Waals surface area contributed by atoms with Crippen LogP contribution < -0.4 is 25.3 Å². The van der Waals surface area contributed by atoms with Crippen molar-refractivity contribution in [3.8, 4) is 17.2 Å². The van der Waals surface area contributed by atoms with Crippen molar-refractivity contribution in [2.24, 2.45) is 10.7 Å². The van der Waals surface area contributed by atoms with Gasteiger partial charge < -0.3 is 25.3 Å². The van der Waals surface area contributed by atoms with Crippen molar-refractivity contribution in [2.75, 3.05) is 32.7 Å². The first-order valence-electron chi connectivity index (χ1n) is 8.22. The largest absolute Gasteiger partial charge is 0.493 e. The normalized spacial score (nSPS) is 16.6. The van der Waals surface area contributed by atoms with Gasteiger partial charge in [0.15, 0.2) is 17.5 Å². The quantitative estimate of drug-likeness (QED) is 0.646. The third kappa shape index (κ3) is 3.96. The molecule has 6 nitrogen and oxygen atoms in total. The maximum absolute atomic E-state index is 6.04. The fourth-order valence-corrected chi connectivity index (χ4v) is 2.92. The molecule has 6 heteroatoms. The summed E-state index contributed by atoms with van der Waals surface area (Å²) >= 11 is 0. The average Bonchev–Trinajstić information content (AvgIpc) is 2.66. The van der Waals surface area contributed by atoms with Crippen molar-refractivity contribution in [2.45, 2.75) is 12.3 Å². The molecule has 0 amide bonds. The minimum Gasteiger partial charge on any atom is -0.493 e. The number of aliphatic imine (C=N–C) groups is 1. The molecule has 132 valence electrons. The Bertz CT molecular complexity index is 761. The van der Waals surface area contributed by atoms with Crippen molar-refractivity contribution < 1.29 is 14.2 Å². The first kappa shape index (κ1) is 17.0. The maximum atomic E-state index is 6.04. The van der Waals surface area contributed by atoms with E-state index >= 15 is 0 Å². The highest BCUT2D eigenvalue weighted by atomic mass is 16.5. The molecule has 25 heavy (non-hydrogen) atoms. The molecule has 0 aliphatic carbocycles. The van der Waals surface area contributed by atoms with E-state index in [9.17, 15) is 0 Å². The summed E-state index contributed by atoms with van der Waals surface area (Å²) in [4.78, 5) is 4.50. The lowest BCUT2D eigenvalue weighted by atomic mass is 9.93. The first-order chi connectivity index (χ1) is 12.2. The molecule has 0 saturated heterocycles. The molecule has 1 heterocycles. The number of nitrogens with two attached hydrogens (primary N) is 1. The van der Waals surface area contributed by atoms with E-state index in [4.69, 9.17) is 19.9 Å². The van der Waals surface area contributed by atoms with Gasteiger partial charge in [-0.05, 0) is 30.2 Å². The SMILES string of the molecule is COc1ccc(NC(N)=NCC2CCOc3ccccc32)cc1OC. The minimum atomic E-state index is 0.315. The highest BCUT2D eigenvalue weighted by Gasteiger charge is 2.20. The summed E-state index contributed by atoms with van der Waals surface area (Å²) in [7, 11) is 3.20. The van der Waals surface area contributed by atoms with Crippen molar-refractivity contribution in [1.29, 1.82) is 0 Å². The van der Waals surface area contributed by atoms with Gasteiger partial charge in [0.2, 0.25) is 0 Å². The minimum absolute atomic E-state index is 0.315. The Morgan fingerprint density at radius 2 is 2.00 bits per heavy atom. The summed E-state index contributed by atoms with van der Waals surface area (Å²) in [6, 6.07) is 13.6. The lowest BCUT2D eigenvalue weighted by Gasteiger charge is -2.24. The molecule has 1 aliphatic rings. The van der Waals surface area contributed by atoms with Crippen LogP contribution in [-0.4, -0.2) is 33.3 Å². The Morgan fingerprint density at radius 1 is 1.20 bits per heavy atom. The van der Waals surface area contributed by atoms with Crippen molar-refractivity contribution in [3.05, 3.63) is 48.0 Å². The molecule has 0 saturated carbocycles. The van der Waals surface area contributed by atoms with Gasteiger partial charge in [0.05, 0.1) is 20.8 Å². The Labute approximate surface area is 147 Å². The highest BCUT2D eigenvalue weighted by molar-refractivity contribution is 5.92. The Morgan fingerprint density at radius 3 is 2.80 bits per heavy atom. The second-order valence-electron chi connectivity index (χ2n) is 5.79. The fourth-order valence-electron chi connectivity index (χ4n) is 2.92. The number of nitrogens with one attached hydrogen (secondary N) is 1. The van der Waals surface area contributed by atoms with E-state index in [1.165, 1.54) is 5.56 Å². The van der Waals surface area contributed by atoms with Gasteiger partial charge in [-0.15, -0.1) is 0 Å². The second kappa shape index (κ2) is 7.79. The van der Waals surface area contributed by atoms with Crippen LogP contribution >= 0.6 is 0 Å². The van der Waals surface area contributed by atoms with E-state index in [1.54, 1.807) is 14.2 Å². The van der Waals surface area contributed by atoms with Crippen LogP contribution in [0.2, 0.25) is 0 Å². The number of nitrogens with zero attached hydrogens (tertiary/aromatic N) is 1. The molecule has 0 radical (unpaired) electrons. The number of guanidine groups is 1. The standard InChI is InChI=1S/C19H23N3O3/c1-23-17-8-7-14(11-18(17)24-2)22-19(20)21-12-13-9-10-25-16-6-4-3-5-15(13)16/h3-8,11,13H,9-10,12H2,1-2H3,(H3,20,21,22). The lowest BCUT2D eigenvalue weighted by molar-refractivity contribution is 0.269. The van der Waals surface area contributed by atoms with Crippen molar-refractivity contribution in [3.63, 3.8) is 0 Å². The summed E-state index contributed by atoms with van der Waals surface area (Å²) in [6.07, 6.45) is 0.935. The van der Waals surface area contributed by atoms with Crippen LogP contribution in [0.4, 0.5) is 5.69 Å². The van der Waals surface area contributed by atoms with Gasteiger partial charge in [-0.3, -0.25) is 4.99 Å². The van der Waals surface area contributed by atoms with Gasteiger partial charge >= 0.3 is 0 Å². The second-order valence-corrected chi connectivity index (χ2v) is 5.79. The summed E-state index contributed by atoms with van der Waals surface area (Å²) in [5.74, 6) is 2.94. The van der Waals surface area contributed by atoms with Crippen LogP contribution in [0.3, 0.4) is 0 Å². The van der Waals surface area contributed by atoms with E-state index in [2.05, 4.69) is 16.4 Å². The molecule has 3 rings (SSSR count). The van der Waals surface area contributed by atoms with Gasteiger partial charge in [-0.1, -0.05) is 18.2 Å². The highest BCUT2D eigenvalue weighted by Crippen LogP contribution is 2.33. The number of rotatable bonds is 5. The number of ether oxygens (including phenoxy) is 3. The molecule has 3 N–H and O–H groups in total. The number of benzene rings is 2. The summed E-state index contributed by atoms with van der Waals surface area (Å²) < 4.78 is 16.2. The van der Waals surface area contributed by atoms with E-state index in [-0.39, 0.29) is 0 Å². The zero-order valence-electron chi connectivity index (χ0n) is 14.5. The smallest absolute Gasteiger partial charge is 0.193 e. The lowest BCUT2D eigenvalue weighted by Crippen LogP contribution is -2.24. The molecule has 1 aliphatic heterocycles. The number of para-hydroxylation sites is 1. The van der Waals surface area contributed by atoms with Gasteiger partial charge in [-0.2, -0.15) is 0 Å². The molecular weight excluding hydrogens is 318 g/mol. The number of hydrogen-bond donors (Lipinski definition) is 2. The van der Waals surface area contributed by atoms with Crippen LogP contribution in [0.25, 0.3) is 0 Å². The average molecular weight is 341 g/mol. The molecule has 0 fully saturated rings. The zero-order valence-corrected chi connectivity index (χ0v) is 14.5. The summed E-state index contributed by atoms with van der Waals surface area (Å²) in [6.45, 7) is 1.33. The summed E-state index contributed by atoms with van der Waals surface area (Å²) in [5, 5.41) is 3.09. The number of hydrogen-bond acceptors (Lipinski definition) is 4. The Kier molecular flexibility index (Phi) is 5.28. The van der Waals surface area contributed by atoms with E-state index in [0.717, 1.165) is 17.9 Å². The number of anilines is 1. The predicted octanol–water partition coefficient (Wildman–Crippen LogP) is 3.00. The Hall–Kier alpha value is -2.89. The van der Waals surface area contributed by atoms with Gasteiger partial charge in [-0.25, -0.2) is 0 Å². The fraction of sp³-hybridized carbons (Fsp3) is 0.316. The van der Waals surface area contributed by atoms with E-state index in [0.29, 0.717) is 36.5 Å². The Balaban J connectivity index is 1.67. The first-order valence-corrected chi connectivity index (χ1v) is 8.22. The molecule has 0 aromatic heterocycles. The van der Waals surface area contributed by atoms with Crippen molar-refractivity contribution >= 4 is 11.6 Å². The number of methoxy groups -OCH3 is 2. The molecular formula is C19H23N3O3. The van der Waals surface area contributed by atoms with Crippen LogP contribution in [0.1, 0.15) is 17.9 Å². The van der Waals surface area contributed by atoms with Crippen LogP contribution in [0.15, 0.2) is 47.5 Å². The molecule has 0 spiro atoms. The van der Waals surface area contributed by atoms with E-state index in [1.807, 2.05) is 36.4 Å². The van der Waals surface area contributed by atoms with Crippen LogP contribution in [-0.2, 0) is 0 Å². The number of fused-ring (bicyclic) bond motifs is 1. The zero-order chi connectivity index (χ0) is 17.6. The monoisotopic (exact) mass is 341 g/mol. The summed E-state index contributed by atoms with van der Waals surface area (Å²) in [5.41, 5.74) is 8.03. The molecule has 1 unspecified atom stereocenters. The third-order valence-electron chi connectivity index (χ3n) is 4.22. The topological polar surface area (TPSA) is 78.1 Å². The van der Waals surface area contributed by atoms with Crippen LogP contribution in [0, 0.1) is 0 Å². The maximum Gasteiger partial charge on any atom is 0.193 e. The molecule has 2 aromatic carbocycles. The van der Waals surface area contributed by atoms with Crippen LogP contribution in [0.5, 0.6) is 17.2 Å². The van der Waals surface area contributed by atoms with Gasteiger partial charge in [0, 0.05) is 24.2 Å². The predicted molar refractivity (Wildman–Crippen MR) is 99.0 cm³/mol. The molecule has 0 bridgehead atoms. The van der Waals surface area contributed by atoms with Gasteiger partial charge in [0.25, 0.3) is 0 Å².